The highest BCUT2D eigenvalue weighted by molar-refractivity contribution is 9.11. The molecule has 1 atom stereocenters. The maximum absolute atomic E-state index is 12.7. The van der Waals surface area contributed by atoms with Crippen LogP contribution in [-0.4, -0.2) is 38.4 Å². The molecule has 8 heteroatoms. The van der Waals surface area contributed by atoms with E-state index in [4.69, 9.17) is 0 Å². The highest BCUT2D eigenvalue weighted by Gasteiger charge is 2.40. The summed E-state index contributed by atoms with van der Waals surface area (Å²) in [5, 5.41) is 0. The summed E-state index contributed by atoms with van der Waals surface area (Å²) in [6.07, 6.45) is 1.13. The van der Waals surface area contributed by atoms with Crippen molar-refractivity contribution >= 4 is 47.9 Å². The largest absolute Gasteiger partial charge is 0.468 e. The zero-order valence-electron chi connectivity index (χ0n) is 10.7. The van der Waals surface area contributed by atoms with Crippen molar-refractivity contribution in [1.29, 1.82) is 0 Å². The highest BCUT2D eigenvalue weighted by atomic mass is 79.9. The quantitative estimate of drug-likeness (QED) is 0.696. The Morgan fingerprint density at radius 2 is 2.10 bits per heavy atom. The number of carbonyl (C=O) groups is 1. The van der Waals surface area contributed by atoms with Crippen LogP contribution in [0.2, 0.25) is 0 Å². The van der Waals surface area contributed by atoms with Crippen LogP contribution in [0.25, 0.3) is 0 Å². The average Bonchev–Trinajstić information content (AvgIpc) is 2.87. The van der Waals surface area contributed by atoms with Crippen LogP contribution >= 0.6 is 31.9 Å². The van der Waals surface area contributed by atoms with Gasteiger partial charge in [-0.25, -0.2) is 8.42 Å². The minimum Gasteiger partial charge on any atom is -0.468 e. The normalized spacial score (nSPS) is 20.1. The lowest BCUT2D eigenvalue weighted by molar-refractivity contribution is -0.144. The van der Waals surface area contributed by atoms with Crippen molar-refractivity contribution in [3.8, 4) is 0 Å². The number of hydrogen-bond donors (Lipinski definition) is 0. The van der Waals surface area contributed by atoms with Gasteiger partial charge < -0.3 is 4.74 Å². The Bertz CT molecular complexity index is 632. The Labute approximate surface area is 134 Å². The minimum atomic E-state index is -3.73. The lowest BCUT2D eigenvalue weighted by Gasteiger charge is -2.22. The molecule has 0 bridgehead atoms. The molecule has 1 aliphatic heterocycles. The van der Waals surface area contributed by atoms with Gasteiger partial charge in [0.25, 0.3) is 0 Å². The summed E-state index contributed by atoms with van der Waals surface area (Å²) < 4.78 is 32.5. The van der Waals surface area contributed by atoms with Gasteiger partial charge in [-0.2, -0.15) is 4.31 Å². The number of benzene rings is 1. The van der Waals surface area contributed by atoms with E-state index in [0.717, 1.165) is 4.47 Å². The van der Waals surface area contributed by atoms with E-state index in [9.17, 15) is 13.2 Å². The Balaban J connectivity index is 2.41. The maximum Gasteiger partial charge on any atom is 0.324 e. The van der Waals surface area contributed by atoms with Gasteiger partial charge in [0.05, 0.1) is 12.0 Å². The lowest BCUT2D eigenvalue weighted by Crippen LogP contribution is -2.41. The van der Waals surface area contributed by atoms with Gasteiger partial charge >= 0.3 is 5.97 Å². The third-order valence-electron chi connectivity index (χ3n) is 3.16. The van der Waals surface area contributed by atoms with E-state index in [1.54, 1.807) is 12.1 Å². The second-order valence-electron chi connectivity index (χ2n) is 4.37. The average molecular weight is 427 g/mol. The molecule has 0 spiro atoms. The van der Waals surface area contributed by atoms with Crippen LogP contribution in [0, 0.1) is 0 Å². The predicted octanol–water partition coefficient (Wildman–Crippen LogP) is 2.54. The number of carbonyl (C=O) groups excluding carboxylic acids is 1. The molecular weight excluding hydrogens is 414 g/mol. The van der Waals surface area contributed by atoms with Crippen molar-refractivity contribution in [2.24, 2.45) is 0 Å². The van der Waals surface area contributed by atoms with Crippen LogP contribution < -0.4 is 0 Å². The van der Waals surface area contributed by atoms with Crippen LogP contribution in [0.4, 0.5) is 0 Å². The molecule has 0 aliphatic carbocycles. The first kappa shape index (κ1) is 15.9. The molecule has 0 aromatic heterocycles. The van der Waals surface area contributed by atoms with Crippen LogP contribution in [-0.2, 0) is 19.6 Å². The van der Waals surface area contributed by atoms with Gasteiger partial charge in [0, 0.05) is 15.5 Å². The van der Waals surface area contributed by atoms with Crippen LogP contribution in [0.1, 0.15) is 12.8 Å². The van der Waals surface area contributed by atoms with Gasteiger partial charge in [-0.3, -0.25) is 4.79 Å². The van der Waals surface area contributed by atoms with E-state index in [2.05, 4.69) is 36.6 Å². The minimum absolute atomic E-state index is 0.150. The molecule has 0 amide bonds. The molecule has 1 aromatic rings. The van der Waals surface area contributed by atoms with Gasteiger partial charge in [0.15, 0.2) is 0 Å². The molecule has 0 radical (unpaired) electrons. The van der Waals surface area contributed by atoms with Crippen molar-refractivity contribution in [2.45, 2.75) is 23.8 Å². The third-order valence-corrected chi connectivity index (χ3v) is 6.54. The smallest absolute Gasteiger partial charge is 0.324 e. The van der Waals surface area contributed by atoms with E-state index in [-0.39, 0.29) is 4.90 Å². The molecule has 1 saturated heterocycles. The number of rotatable bonds is 3. The fourth-order valence-electron chi connectivity index (χ4n) is 2.21. The molecule has 5 nitrogen and oxygen atoms in total. The van der Waals surface area contributed by atoms with Gasteiger partial charge in [-0.1, -0.05) is 15.9 Å². The Morgan fingerprint density at radius 3 is 2.70 bits per heavy atom. The molecule has 0 N–H and O–H groups in total. The standard InChI is InChI=1S/C12H13Br2NO4S/c1-19-12(16)10-3-2-6-15(10)20(17,18)11-5-4-8(13)7-9(11)14/h4-5,7,10H,2-3,6H2,1H3. The Hall–Kier alpha value is -0.440. The Morgan fingerprint density at radius 1 is 1.40 bits per heavy atom. The Kier molecular flexibility index (Phi) is 4.88. The van der Waals surface area contributed by atoms with Gasteiger partial charge in [-0.15, -0.1) is 0 Å². The summed E-state index contributed by atoms with van der Waals surface area (Å²) in [5.41, 5.74) is 0. The summed E-state index contributed by atoms with van der Waals surface area (Å²) in [4.78, 5) is 11.8. The molecule has 2 rings (SSSR count). The molecule has 20 heavy (non-hydrogen) atoms. The number of ether oxygens (including phenoxy) is 1. The molecule has 110 valence electrons. The van der Waals surface area contributed by atoms with E-state index >= 15 is 0 Å². The first-order valence-corrected chi connectivity index (χ1v) is 8.95. The summed E-state index contributed by atoms with van der Waals surface area (Å²) in [6.45, 7) is 0.324. The van der Waals surface area contributed by atoms with E-state index in [0.29, 0.717) is 23.9 Å². The fourth-order valence-corrected chi connectivity index (χ4v) is 5.56. The summed E-state index contributed by atoms with van der Waals surface area (Å²) in [6, 6.07) is 4.09. The van der Waals surface area contributed by atoms with Crippen LogP contribution in [0.15, 0.2) is 32.0 Å². The van der Waals surface area contributed by atoms with Gasteiger partial charge in [0.2, 0.25) is 10.0 Å². The summed E-state index contributed by atoms with van der Waals surface area (Å²) in [5.74, 6) is -0.515. The van der Waals surface area contributed by atoms with E-state index < -0.39 is 22.0 Å². The lowest BCUT2D eigenvalue weighted by atomic mass is 10.2. The molecular formula is C12H13Br2NO4S. The predicted molar refractivity (Wildman–Crippen MR) is 80.8 cm³/mol. The second-order valence-corrected chi connectivity index (χ2v) is 8.00. The highest BCUT2D eigenvalue weighted by Crippen LogP contribution is 2.32. The molecule has 1 heterocycles. The van der Waals surface area contributed by atoms with Crippen LogP contribution in [0.5, 0.6) is 0 Å². The zero-order valence-corrected chi connectivity index (χ0v) is 14.7. The molecule has 0 saturated carbocycles. The number of hydrogen-bond acceptors (Lipinski definition) is 4. The zero-order chi connectivity index (χ0) is 14.9. The molecule has 1 fully saturated rings. The first-order chi connectivity index (χ1) is 9.37. The summed E-state index contributed by atoms with van der Waals surface area (Å²) in [7, 11) is -2.46. The number of halogens is 2. The summed E-state index contributed by atoms with van der Waals surface area (Å²) >= 11 is 6.53. The van der Waals surface area contributed by atoms with Crippen molar-refractivity contribution < 1.29 is 17.9 Å². The van der Waals surface area contributed by atoms with E-state index in [1.807, 2.05) is 0 Å². The molecule has 1 aromatic carbocycles. The van der Waals surface area contributed by atoms with Crippen molar-refractivity contribution in [1.82, 2.24) is 4.31 Å². The van der Waals surface area contributed by atoms with Crippen molar-refractivity contribution in [3.63, 3.8) is 0 Å². The third kappa shape index (κ3) is 2.93. The number of sulfonamides is 1. The first-order valence-electron chi connectivity index (χ1n) is 5.92. The van der Waals surface area contributed by atoms with E-state index in [1.165, 1.54) is 17.5 Å². The monoisotopic (exact) mass is 425 g/mol. The topological polar surface area (TPSA) is 63.7 Å². The van der Waals surface area contributed by atoms with Gasteiger partial charge in [0.1, 0.15) is 6.04 Å². The molecule has 1 unspecified atom stereocenters. The second kappa shape index (κ2) is 6.13. The number of nitrogens with zero attached hydrogens (tertiary/aromatic N) is 1. The fraction of sp³-hybridized carbons (Fsp3) is 0.417. The maximum atomic E-state index is 12.7. The van der Waals surface area contributed by atoms with Gasteiger partial charge in [-0.05, 0) is 47.0 Å². The van der Waals surface area contributed by atoms with Crippen molar-refractivity contribution in [3.05, 3.63) is 27.1 Å². The molecule has 1 aliphatic rings. The number of esters is 1. The SMILES string of the molecule is COC(=O)C1CCCN1S(=O)(=O)c1ccc(Br)cc1Br. The van der Waals surface area contributed by atoms with Crippen LogP contribution in [0.3, 0.4) is 0 Å². The van der Waals surface area contributed by atoms with Crippen molar-refractivity contribution in [2.75, 3.05) is 13.7 Å². The number of methoxy groups -OCH3 is 1.